The number of carboxylic acid groups (broad SMARTS) is 1. The lowest BCUT2D eigenvalue weighted by molar-refractivity contribution is -0.136. The molecule has 31 heavy (non-hydrogen) atoms. The number of sulfone groups is 1. The molecule has 0 aliphatic heterocycles. The van der Waals surface area contributed by atoms with Gasteiger partial charge in [-0.1, -0.05) is 36.7 Å². The van der Waals surface area contributed by atoms with Gasteiger partial charge in [-0.25, -0.2) is 12.8 Å². The van der Waals surface area contributed by atoms with E-state index in [0.717, 1.165) is 0 Å². The van der Waals surface area contributed by atoms with Crippen molar-refractivity contribution in [1.82, 2.24) is 0 Å². The number of ether oxygens (including phenoxy) is 1. The number of halogens is 2. The molecule has 0 saturated heterocycles. The van der Waals surface area contributed by atoms with Gasteiger partial charge < -0.3 is 9.84 Å². The minimum atomic E-state index is -3.97. The van der Waals surface area contributed by atoms with Crippen LogP contribution in [0.2, 0.25) is 5.02 Å². The Labute approximate surface area is 185 Å². The first kappa shape index (κ1) is 22.8. The van der Waals surface area contributed by atoms with E-state index < -0.39 is 21.6 Å². The summed E-state index contributed by atoms with van der Waals surface area (Å²) >= 11 is 5.85. The Balaban J connectivity index is 2.06. The number of rotatable bonds is 8. The molecule has 0 fully saturated rings. The van der Waals surface area contributed by atoms with Gasteiger partial charge in [-0.05, 0) is 65.6 Å². The van der Waals surface area contributed by atoms with Crippen LogP contribution in [-0.4, -0.2) is 26.1 Å². The molecule has 0 unspecified atom stereocenters. The zero-order chi connectivity index (χ0) is 22.6. The number of hydrogen-bond acceptors (Lipinski definition) is 4. The molecule has 3 rings (SSSR count). The molecule has 0 radical (unpaired) electrons. The van der Waals surface area contributed by atoms with Crippen LogP contribution in [0.15, 0.2) is 70.5 Å². The molecule has 0 amide bonds. The van der Waals surface area contributed by atoms with E-state index in [1.54, 1.807) is 12.1 Å². The summed E-state index contributed by atoms with van der Waals surface area (Å²) in [6.07, 6.45) is 0.382. The van der Waals surface area contributed by atoms with Gasteiger partial charge in [-0.15, -0.1) is 0 Å². The van der Waals surface area contributed by atoms with E-state index in [2.05, 4.69) is 0 Å². The Morgan fingerprint density at radius 3 is 2.45 bits per heavy atom. The third-order valence-corrected chi connectivity index (χ3v) is 6.50. The summed E-state index contributed by atoms with van der Waals surface area (Å²) in [6.45, 7) is 2.28. The molecule has 0 aliphatic rings. The number of carbonyl (C=O) groups is 1. The molecule has 0 heterocycles. The van der Waals surface area contributed by atoms with Crippen LogP contribution in [0.3, 0.4) is 0 Å². The molecule has 162 valence electrons. The van der Waals surface area contributed by atoms with Crippen molar-refractivity contribution >= 4 is 27.4 Å². The third kappa shape index (κ3) is 5.42. The number of carboxylic acids is 1. The Morgan fingerprint density at radius 1 is 1.03 bits per heavy atom. The first-order chi connectivity index (χ1) is 14.7. The van der Waals surface area contributed by atoms with E-state index >= 15 is 0 Å². The van der Waals surface area contributed by atoms with Gasteiger partial charge in [0.25, 0.3) is 0 Å². The second-order valence-corrected chi connectivity index (χ2v) is 9.25. The van der Waals surface area contributed by atoms with E-state index in [1.807, 2.05) is 6.92 Å². The molecule has 3 aromatic carbocycles. The molecule has 0 atom stereocenters. The fourth-order valence-corrected chi connectivity index (χ4v) is 4.59. The second kappa shape index (κ2) is 9.49. The second-order valence-electron chi connectivity index (χ2n) is 6.89. The van der Waals surface area contributed by atoms with Crippen LogP contribution in [0.5, 0.6) is 5.75 Å². The van der Waals surface area contributed by atoms with Gasteiger partial charge in [0, 0.05) is 0 Å². The molecule has 3 aromatic rings. The summed E-state index contributed by atoms with van der Waals surface area (Å²) < 4.78 is 45.7. The van der Waals surface area contributed by atoms with Crippen LogP contribution >= 0.6 is 11.6 Å². The maximum absolute atomic E-state index is 13.5. The monoisotopic (exact) mass is 462 g/mol. The number of benzene rings is 3. The number of hydrogen-bond donors (Lipinski definition) is 1. The predicted octanol–water partition coefficient (Wildman–Crippen LogP) is 5.39. The fraction of sp³-hybridized carbons (Fsp3) is 0.174. The lowest BCUT2D eigenvalue weighted by atomic mass is 10.1. The largest absolute Gasteiger partial charge is 0.494 e. The lowest BCUT2D eigenvalue weighted by Crippen LogP contribution is -2.07. The highest BCUT2D eigenvalue weighted by atomic mass is 35.5. The van der Waals surface area contributed by atoms with Gasteiger partial charge in [-0.2, -0.15) is 0 Å². The standard InChI is InChI=1S/C23H20ClFO5S/c1-2-8-30-18-9-15(11-23(26)27)10-20(14-18)31(28,29)19-5-3-4-16(12-19)17-6-7-22(25)21(24)13-17/h3-7,9-10,12-14H,2,8,11H2,1H3,(H,26,27). The normalized spacial score (nSPS) is 11.3. The zero-order valence-corrected chi connectivity index (χ0v) is 18.2. The highest BCUT2D eigenvalue weighted by Crippen LogP contribution is 2.31. The molecule has 0 spiro atoms. The summed E-state index contributed by atoms with van der Waals surface area (Å²) in [5.74, 6) is -1.35. The maximum atomic E-state index is 13.5. The van der Waals surface area contributed by atoms with Crippen molar-refractivity contribution in [2.75, 3.05) is 6.61 Å². The highest BCUT2D eigenvalue weighted by Gasteiger charge is 2.21. The van der Waals surface area contributed by atoms with Gasteiger partial charge in [0.15, 0.2) is 0 Å². The van der Waals surface area contributed by atoms with Crippen molar-refractivity contribution in [3.05, 3.63) is 77.1 Å². The average Bonchev–Trinajstić information content (AvgIpc) is 2.73. The predicted molar refractivity (Wildman–Crippen MR) is 116 cm³/mol. The maximum Gasteiger partial charge on any atom is 0.307 e. The summed E-state index contributed by atoms with van der Waals surface area (Å²) in [5, 5.41) is 9.06. The summed E-state index contributed by atoms with van der Waals surface area (Å²) in [4.78, 5) is 11.1. The zero-order valence-electron chi connectivity index (χ0n) is 16.6. The first-order valence-electron chi connectivity index (χ1n) is 9.50. The van der Waals surface area contributed by atoms with Gasteiger partial charge in [-0.3, -0.25) is 4.79 Å². The van der Waals surface area contributed by atoms with Gasteiger partial charge in [0.1, 0.15) is 11.6 Å². The average molecular weight is 463 g/mol. The van der Waals surface area contributed by atoms with Crippen molar-refractivity contribution in [3.63, 3.8) is 0 Å². The minimum absolute atomic E-state index is 0.0133. The summed E-state index contributed by atoms with van der Waals surface area (Å²) in [5.41, 5.74) is 1.43. The van der Waals surface area contributed by atoms with Crippen LogP contribution in [0.25, 0.3) is 11.1 Å². The Bertz CT molecular complexity index is 1220. The topological polar surface area (TPSA) is 80.7 Å². The van der Waals surface area contributed by atoms with Crippen LogP contribution in [-0.2, 0) is 21.1 Å². The van der Waals surface area contributed by atoms with Gasteiger partial charge in [0.05, 0.1) is 27.8 Å². The van der Waals surface area contributed by atoms with E-state index in [9.17, 15) is 17.6 Å². The van der Waals surface area contributed by atoms with Crippen molar-refractivity contribution in [1.29, 1.82) is 0 Å². The van der Waals surface area contributed by atoms with E-state index in [4.69, 9.17) is 21.4 Å². The summed E-state index contributed by atoms with van der Waals surface area (Å²) in [6, 6.07) is 14.6. The number of aliphatic carboxylic acids is 1. The molecule has 0 saturated carbocycles. The van der Waals surface area contributed by atoms with Crippen LogP contribution in [0.4, 0.5) is 4.39 Å². The molecule has 8 heteroatoms. The van der Waals surface area contributed by atoms with Gasteiger partial charge in [0.2, 0.25) is 9.84 Å². The van der Waals surface area contributed by atoms with Gasteiger partial charge >= 0.3 is 5.97 Å². The smallest absolute Gasteiger partial charge is 0.307 e. The fourth-order valence-electron chi connectivity index (χ4n) is 3.02. The quantitative estimate of drug-likeness (QED) is 0.485. The SMILES string of the molecule is CCCOc1cc(CC(=O)O)cc(S(=O)(=O)c2cccc(-c3ccc(F)c(Cl)c3)c2)c1. The lowest BCUT2D eigenvalue weighted by Gasteiger charge is -2.12. The molecular weight excluding hydrogens is 443 g/mol. The first-order valence-corrected chi connectivity index (χ1v) is 11.4. The van der Waals surface area contributed by atoms with Crippen LogP contribution in [0, 0.1) is 5.82 Å². The summed E-state index contributed by atoms with van der Waals surface area (Å²) in [7, 11) is -3.97. The molecule has 5 nitrogen and oxygen atoms in total. The molecular formula is C23H20ClFO5S. The van der Waals surface area contributed by atoms with Crippen LogP contribution < -0.4 is 4.74 Å². The van der Waals surface area contributed by atoms with Crippen molar-refractivity contribution in [3.8, 4) is 16.9 Å². The van der Waals surface area contributed by atoms with Crippen LogP contribution in [0.1, 0.15) is 18.9 Å². The molecule has 1 N–H and O–H groups in total. The van der Waals surface area contributed by atoms with E-state index in [0.29, 0.717) is 35.5 Å². The molecule has 0 bridgehead atoms. The highest BCUT2D eigenvalue weighted by molar-refractivity contribution is 7.91. The Morgan fingerprint density at radius 2 is 1.77 bits per heavy atom. The molecule has 0 aliphatic carbocycles. The van der Waals surface area contributed by atoms with Crippen molar-refractivity contribution in [2.24, 2.45) is 0 Å². The third-order valence-electron chi connectivity index (χ3n) is 4.48. The molecule has 0 aromatic heterocycles. The Kier molecular flexibility index (Phi) is 6.97. The van der Waals surface area contributed by atoms with E-state index in [-0.39, 0.29) is 21.2 Å². The Hall–Kier alpha value is -2.90. The van der Waals surface area contributed by atoms with Crippen molar-refractivity contribution in [2.45, 2.75) is 29.6 Å². The minimum Gasteiger partial charge on any atom is -0.494 e. The van der Waals surface area contributed by atoms with Crippen molar-refractivity contribution < 1.29 is 27.4 Å². The van der Waals surface area contributed by atoms with E-state index in [1.165, 1.54) is 48.5 Å².